The number of aromatic nitrogens is 2. The molecule has 1 fully saturated rings. The van der Waals surface area contributed by atoms with Gasteiger partial charge in [0.25, 0.3) is 0 Å². The molecule has 2 rings (SSSR count). The van der Waals surface area contributed by atoms with Crippen LogP contribution in [0.3, 0.4) is 0 Å². The zero-order valence-electron chi connectivity index (χ0n) is 11.1. The third kappa shape index (κ3) is 2.85. The minimum Gasteiger partial charge on any atom is -0.348 e. The highest BCUT2D eigenvalue weighted by Crippen LogP contribution is 2.13. The minimum atomic E-state index is -0.679. The number of ketones is 1. The Morgan fingerprint density at radius 1 is 1.55 bits per heavy atom. The Balaban J connectivity index is 2.20. The van der Waals surface area contributed by atoms with Gasteiger partial charge in [0.1, 0.15) is 12.1 Å². The van der Waals surface area contributed by atoms with Gasteiger partial charge in [-0.25, -0.2) is 4.98 Å². The summed E-state index contributed by atoms with van der Waals surface area (Å²) >= 11 is 0. The fourth-order valence-electron chi connectivity index (χ4n) is 2.21. The summed E-state index contributed by atoms with van der Waals surface area (Å²) < 4.78 is 0. The molecule has 2 heterocycles. The van der Waals surface area contributed by atoms with Crippen molar-refractivity contribution in [3.05, 3.63) is 18.2 Å². The third-order valence-corrected chi connectivity index (χ3v) is 3.33. The van der Waals surface area contributed by atoms with Crippen molar-refractivity contribution in [3.63, 3.8) is 0 Å². The first-order chi connectivity index (χ1) is 9.52. The van der Waals surface area contributed by atoms with E-state index < -0.39 is 12.1 Å². The Hall–Kier alpha value is -2.22. The molecule has 2 amide bonds. The summed E-state index contributed by atoms with van der Waals surface area (Å²) in [5, 5.41) is 2.63. The van der Waals surface area contributed by atoms with Crippen molar-refractivity contribution in [2.75, 3.05) is 13.1 Å². The van der Waals surface area contributed by atoms with Gasteiger partial charge in [-0.1, -0.05) is 0 Å². The lowest BCUT2D eigenvalue weighted by atomic mass is 10.0. The van der Waals surface area contributed by atoms with Gasteiger partial charge in [0, 0.05) is 24.9 Å². The molecule has 0 radical (unpaired) electrons. The maximum absolute atomic E-state index is 12.1. The second-order valence-electron chi connectivity index (χ2n) is 4.72. The molecule has 0 spiro atoms. The average molecular weight is 279 g/mol. The predicted octanol–water partition coefficient (Wildman–Crippen LogP) is -1.80. The Labute approximate surface area is 115 Å². The van der Waals surface area contributed by atoms with Gasteiger partial charge in [0.2, 0.25) is 11.8 Å². The number of Topliss-reactive ketones (excluding diaryl/α,β-unsaturated/α-hetero) is 1. The van der Waals surface area contributed by atoms with Gasteiger partial charge in [-0.2, -0.15) is 0 Å². The fraction of sp³-hybridized carbons (Fsp3) is 0.500. The van der Waals surface area contributed by atoms with Crippen LogP contribution < -0.4 is 11.1 Å². The number of nitrogens with zero attached hydrogens (tertiary/aromatic N) is 2. The van der Waals surface area contributed by atoms with Crippen molar-refractivity contribution in [1.82, 2.24) is 20.2 Å². The Morgan fingerprint density at radius 2 is 2.30 bits per heavy atom. The van der Waals surface area contributed by atoms with E-state index >= 15 is 0 Å². The number of carbonyl (C=O) groups excluding carboxylic acids is 3. The van der Waals surface area contributed by atoms with E-state index in [-0.39, 0.29) is 30.7 Å². The van der Waals surface area contributed by atoms with Gasteiger partial charge in [-0.15, -0.1) is 0 Å². The molecule has 0 bridgehead atoms. The van der Waals surface area contributed by atoms with Gasteiger partial charge >= 0.3 is 0 Å². The molecule has 1 aromatic heterocycles. The van der Waals surface area contributed by atoms with Crippen molar-refractivity contribution in [2.24, 2.45) is 5.73 Å². The highest BCUT2D eigenvalue weighted by molar-refractivity contribution is 5.95. The lowest BCUT2D eigenvalue weighted by Crippen LogP contribution is -2.64. The maximum Gasteiger partial charge on any atom is 0.243 e. The number of rotatable bonds is 4. The van der Waals surface area contributed by atoms with Crippen LogP contribution in [-0.2, 0) is 20.8 Å². The van der Waals surface area contributed by atoms with Crippen LogP contribution in [0.25, 0.3) is 0 Å². The molecule has 20 heavy (non-hydrogen) atoms. The molecule has 0 aliphatic carbocycles. The van der Waals surface area contributed by atoms with Crippen LogP contribution in [0.2, 0.25) is 0 Å². The predicted molar refractivity (Wildman–Crippen MR) is 69.5 cm³/mol. The first kappa shape index (κ1) is 14.2. The highest BCUT2D eigenvalue weighted by Gasteiger charge is 2.38. The largest absolute Gasteiger partial charge is 0.348 e. The summed E-state index contributed by atoms with van der Waals surface area (Å²) in [4.78, 5) is 43.6. The smallest absolute Gasteiger partial charge is 0.243 e. The monoisotopic (exact) mass is 279 g/mol. The average Bonchev–Trinajstić information content (AvgIpc) is 2.92. The second kappa shape index (κ2) is 5.83. The molecule has 1 saturated heterocycles. The molecule has 1 aromatic rings. The molecule has 108 valence electrons. The Bertz CT molecular complexity index is 513. The molecule has 0 saturated carbocycles. The maximum atomic E-state index is 12.1. The molecule has 8 nitrogen and oxygen atoms in total. The van der Waals surface area contributed by atoms with Crippen LogP contribution in [0.4, 0.5) is 0 Å². The molecule has 0 aromatic carbocycles. The first-order valence-corrected chi connectivity index (χ1v) is 6.30. The normalized spacial score (nSPS) is 22.5. The van der Waals surface area contributed by atoms with E-state index in [9.17, 15) is 14.4 Å². The summed E-state index contributed by atoms with van der Waals surface area (Å²) in [5.41, 5.74) is 6.11. The number of amides is 2. The van der Waals surface area contributed by atoms with E-state index in [1.165, 1.54) is 18.2 Å². The van der Waals surface area contributed by atoms with Crippen molar-refractivity contribution in [1.29, 1.82) is 0 Å². The summed E-state index contributed by atoms with van der Waals surface area (Å²) in [7, 11) is 0. The van der Waals surface area contributed by atoms with E-state index in [2.05, 4.69) is 15.3 Å². The van der Waals surface area contributed by atoms with Crippen LogP contribution in [0, 0.1) is 0 Å². The topological polar surface area (TPSA) is 121 Å². The van der Waals surface area contributed by atoms with Crippen LogP contribution in [0.1, 0.15) is 12.6 Å². The minimum absolute atomic E-state index is 0.149. The number of aromatic amines is 1. The van der Waals surface area contributed by atoms with Gasteiger partial charge < -0.3 is 20.9 Å². The number of imidazole rings is 1. The van der Waals surface area contributed by atoms with Crippen LogP contribution in [-0.4, -0.2) is 57.6 Å². The van der Waals surface area contributed by atoms with Crippen molar-refractivity contribution >= 4 is 17.6 Å². The zero-order valence-corrected chi connectivity index (χ0v) is 11.1. The molecule has 1 aliphatic rings. The van der Waals surface area contributed by atoms with Gasteiger partial charge in [-0.3, -0.25) is 14.4 Å². The fourth-order valence-corrected chi connectivity index (χ4v) is 2.21. The molecule has 2 unspecified atom stereocenters. The second-order valence-corrected chi connectivity index (χ2v) is 4.72. The SMILES string of the molecule is CC(=O)C1CN(C(=O)CN)C(Cc2cnc[nH]2)C(=O)N1. The lowest BCUT2D eigenvalue weighted by molar-refractivity contribution is -0.145. The molecule has 2 atom stereocenters. The van der Waals surface area contributed by atoms with E-state index in [4.69, 9.17) is 5.73 Å². The molecule has 4 N–H and O–H groups in total. The van der Waals surface area contributed by atoms with E-state index in [0.29, 0.717) is 6.42 Å². The standard InChI is InChI=1S/C12H17N5O3/c1-7(18)9-5-17(11(19)3-13)10(12(20)16-9)2-8-4-14-6-15-8/h4,6,9-10H,2-3,5,13H2,1H3,(H,14,15)(H,16,20). The summed E-state index contributed by atoms with van der Waals surface area (Å²) in [5.74, 6) is -0.892. The highest BCUT2D eigenvalue weighted by atomic mass is 16.2. The van der Waals surface area contributed by atoms with Crippen LogP contribution in [0.5, 0.6) is 0 Å². The number of nitrogens with one attached hydrogen (secondary N) is 2. The van der Waals surface area contributed by atoms with Crippen molar-refractivity contribution in [3.8, 4) is 0 Å². The van der Waals surface area contributed by atoms with E-state index in [1.54, 1.807) is 6.20 Å². The number of nitrogens with two attached hydrogens (primary N) is 1. The van der Waals surface area contributed by atoms with Crippen molar-refractivity contribution < 1.29 is 14.4 Å². The Kier molecular flexibility index (Phi) is 4.14. The third-order valence-electron chi connectivity index (χ3n) is 3.33. The number of carbonyl (C=O) groups is 3. The number of piperazine rings is 1. The quantitative estimate of drug-likeness (QED) is 0.600. The molecular weight excluding hydrogens is 262 g/mol. The first-order valence-electron chi connectivity index (χ1n) is 6.30. The van der Waals surface area contributed by atoms with Gasteiger partial charge in [0.15, 0.2) is 5.78 Å². The summed E-state index contributed by atoms with van der Waals surface area (Å²) in [6, 6.07) is -1.35. The van der Waals surface area contributed by atoms with Crippen LogP contribution in [0.15, 0.2) is 12.5 Å². The summed E-state index contributed by atoms with van der Waals surface area (Å²) in [6.07, 6.45) is 3.40. The number of H-pyrrole nitrogens is 1. The summed E-state index contributed by atoms with van der Waals surface area (Å²) in [6.45, 7) is 1.33. The number of hydrogen-bond acceptors (Lipinski definition) is 5. The molecule has 8 heteroatoms. The molecule has 1 aliphatic heterocycles. The Morgan fingerprint density at radius 3 is 2.85 bits per heavy atom. The van der Waals surface area contributed by atoms with Gasteiger partial charge in [0.05, 0.1) is 12.9 Å². The van der Waals surface area contributed by atoms with Crippen LogP contribution >= 0.6 is 0 Å². The van der Waals surface area contributed by atoms with E-state index in [1.807, 2.05) is 0 Å². The lowest BCUT2D eigenvalue weighted by Gasteiger charge is -2.38. The number of hydrogen-bond donors (Lipinski definition) is 3. The van der Waals surface area contributed by atoms with Crippen molar-refractivity contribution in [2.45, 2.75) is 25.4 Å². The molecular formula is C12H17N5O3. The zero-order chi connectivity index (χ0) is 14.7. The van der Waals surface area contributed by atoms with E-state index in [0.717, 1.165) is 5.69 Å². The van der Waals surface area contributed by atoms with Gasteiger partial charge in [-0.05, 0) is 6.92 Å².